The van der Waals surface area contributed by atoms with E-state index in [0.717, 1.165) is 0 Å². The number of amides is 1. The third-order valence-corrected chi connectivity index (χ3v) is 5.13. The molecule has 0 aromatic heterocycles. The molecule has 1 amide bonds. The van der Waals surface area contributed by atoms with Crippen LogP contribution in [-0.4, -0.2) is 32.3 Å². The third kappa shape index (κ3) is 4.37. The van der Waals surface area contributed by atoms with E-state index < -0.39 is 10.0 Å². The van der Waals surface area contributed by atoms with E-state index in [0.29, 0.717) is 29.9 Å². The molecule has 0 aliphatic carbocycles. The standard InChI is InChI=1S/C18H19N3O3S/c1-3-21(4-2)18(22)15-7-11-17(12-8-15)25(23,24)20-16-9-5-14(13-19)6-10-16/h5-12,20H,3-4H2,1-2H3. The Kier molecular flexibility index (Phi) is 5.78. The number of anilines is 1. The van der Waals surface area contributed by atoms with Gasteiger partial charge in [-0.2, -0.15) is 5.26 Å². The molecule has 2 aromatic carbocycles. The number of nitriles is 1. The van der Waals surface area contributed by atoms with Gasteiger partial charge in [-0.1, -0.05) is 0 Å². The minimum atomic E-state index is -3.76. The van der Waals surface area contributed by atoms with Crippen molar-refractivity contribution in [3.8, 4) is 6.07 Å². The van der Waals surface area contributed by atoms with Gasteiger partial charge in [0, 0.05) is 24.3 Å². The molecule has 0 atom stereocenters. The Morgan fingerprint density at radius 1 is 1.04 bits per heavy atom. The highest BCUT2D eigenvalue weighted by molar-refractivity contribution is 7.92. The molecule has 2 rings (SSSR count). The van der Waals surface area contributed by atoms with Crippen molar-refractivity contribution in [1.82, 2.24) is 4.90 Å². The molecule has 0 saturated heterocycles. The third-order valence-electron chi connectivity index (χ3n) is 3.73. The van der Waals surface area contributed by atoms with E-state index in [1.54, 1.807) is 4.90 Å². The summed E-state index contributed by atoms with van der Waals surface area (Å²) >= 11 is 0. The van der Waals surface area contributed by atoms with E-state index >= 15 is 0 Å². The van der Waals surface area contributed by atoms with Gasteiger partial charge >= 0.3 is 0 Å². The van der Waals surface area contributed by atoms with Crippen molar-refractivity contribution in [2.45, 2.75) is 18.7 Å². The SMILES string of the molecule is CCN(CC)C(=O)c1ccc(S(=O)(=O)Nc2ccc(C#N)cc2)cc1. The first-order valence-corrected chi connectivity index (χ1v) is 9.32. The van der Waals surface area contributed by atoms with Gasteiger partial charge in [0.25, 0.3) is 15.9 Å². The molecule has 0 aliphatic rings. The van der Waals surface area contributed by atoms with E-state index in [-0.39, 0.29) is 10.8 Å². The molecule has 0 unspecified atom stereocenters. The summed E-state index contributed by atoms with van der Waals surface area (Å²) in [5, 5.41) is 8.76. The second kappa shape index (κ2) is 7.81. The maximum absolute atomic E-state index is 12.4. The highest BCUT2D eigenvalue weighted by atomic mass is 32.2. The number of rotatable bonds is 6. The molecule has 6 nitrogen and oxygen atoms in total. The normalized spacial score (nSPS) is 10.8. The largest absolute Gasteiger partial charge is 0.339 e. The number of nitrogens with one attached hydrogen (secondary N) is 1. The molecule has 7 heteroatoms. The van der Waals surface area contributed by atoms with E-state index in [4.69, 9.17) is 5.26 Å². The number of benzene rings is 2. The fraction of sp³-hybridized carbons (Fsp3) is 0.222. The summed E-state index contributed by atoms with van der Waals surface area (Å²) in [6, 6.07) is 13.9. The quantitative estimate of drug-likeness (QED) is 0.861. The van der Waals surface area contributed by atoms with Crippen LogP contribution in [0.1, 0.15) is 29.8 Å². The van der Waals surface area contributed by atoms with Crippen LogP contribution in [0.4, 0.5) is 5.69 Å². The van der Waals surface area contributed by atoms with Gasteiger partial charge in [0.2, 0.25) is 0 Å². The van der Waals surface area contributed by atoms with E-state index in [9.17, 15) is 13.2 Å². The Labute approximate surface area is 147 Å². The Hall–Kier alpha value is -2.85. The van der Waals surface area contributed by atoms with Gasteiger partial charge in [-0.3, -0.25) is 9.52 Å². The summed E-state index contributed by atoms with van der Waals surface area (Å²) < 4.78 is 27.3. The highest BCUT2D eigenvalue weighted by Crippen LogP contribution is 2.17. The molecule has 0 heterocycles. The van der Waals surface area contributed by atoms with Crippen molar-refractivity contribution in [3.63, 3.8) is 0 Å². The smallest absolute Gasteiger partial charge is 0.261 e. The first-order valence-electron chi connectivity index (χ1n) is 7.83. The molecule has 2 aromatic rings. The minimum absolute atomic E-state index is 0.0629. The molecule has 0 aliphatic heterocycles. The number of carbonyl (C=O) groups is 1. The lowest BCUT2D eigenvalue weighted by molar-refractivity contribution is 0.0773. The topological polar surface area (TPSA) is 90.3 Å². The minimum Gasteiger partial charge on any atom is -0.339 e. The first kappa shape index (κ1) is 18.5. The lowest BCUT2D eigenvalue weighted by atomic mass is 10.2. The zero-order chi connectivity index (χ0) is 18.4. The van der Waals surface area contributed by atoms with Gasteiger partial charge in [-0.05, 0) is 62.4 Å². The van der Waals surface area contributed by atoms with Crippen LogP contribution in [0.25, 0.3) is 0 Å². The predicted octanol–water partition coefficient (Wildman–Crippen LogP) is 2.84. The average molecular weight is 357 g/mol. The maximum atomic E-state index is 12.4. The van der Waals surface area contributed by atoms with Crippen molar-refractivity contribution < 1.29 is 13.2 Å². The molecular formula is C18H19N3O3S. The molecule has 25 heavy (non-hydrogen) atoms. The molecular weight excluding hydrogens is 338 g/mol. The van der Waals surface area contributed by atoms with Gasteiger partial charge in [0.05, 0.1) is 16.5 Å². The molecule has 0 radical (unpaired) electrons. The van der Waals surface area contributed by atoms with Crippen LogP contribution in [0.2, 0.25) is 0 Å². The van der Waals surface area contributed by atoms with E-state index in [2.05, 4.69) is 4.72 Å². The number of sulfonamides is 1. The maximum Gasteiger partial charge on any atom is 0.261 e. The van der Waals surface area contributed by atoms with Gasteiger partial charge in [-0.15, -0.1) is 0 Å². The summed E-state index contributed by atoms with van der Waals surface area (Å²) in [6.07, 6.45) is 0. The Morgan fingerprint density at radius 2 is 1.60 bits per heavy atom. The second-order valence-corrected chi connectivity index (χ2v) is 6.98. The van der Waals surface area contributed by atoms with E-state index in [1.807, 2.05) is 19.9 Å². The fourth-order valence-corrected chi connectivity index (χ4v) is 3.36. The van der Waals surface area contributed by atoms with Crippen molar-refractivity contribution >= 4 is 21.6 Å². The zero-order valence-electron chi connectivity index (χ0n) is 14.1. The monoisotopic (exact) mass is 357 g/mol. The van der Waals surface area contributed by atoms with Crippen LogP contribution < -0.4 is 4.72 Å². The number of hydrogen-bond acceptors (Lipinski definition) is 4. The van der Waals surface area contributed by atoms with Gasteiger partial charge < -0.3 is 4.90 Å². The van der Waals surface area contributed by atoms with Crippen molar-refractivity contribution in [1.29, 1.82) is 5.26 Å². The number of hydrogen-bond donors (Lipinski definition) is 1. The van der Waals surface area contributed by atoms with Gasteiger partial charge in [0.15, 0.2) is 0 Å². The molecule has 130 valence electrons. The van der Waals surface area contributed by atoms with Crippen LogP contribution in [0, 0.1) is 11.3 Å². The molecule has 0 fully saturated rings. The van der Waals surface area contributed by atoms with Crippen molar-refractivity contribution in [3.05, 3.63) is 59.7 Å². The highest BCUT2D eigenvalue weighted by Gasteiger charge is 2.17. The average Bonchev–Trinajstić information content (AvgIpc) is 2.63. The van der Waals surface area contributed by atoms with E-state index in [1.165, 1.54) is 48.5 Å². The predicted molar refractivity (Wildman–Crippen MR) is 95.7 cm³/mol. The Morgan fingerprint density at radius 3 is 2.08 bits per heavy atom. The molecule has 1 N–H and O–H groups in total. The zero-order valence-corrected chi connectivity index (χ0v) is 14.9. The fourth-order valence-electron chi connectivity index (χ4n) is 2.30. The summed E-state index contributed by atoms with van der Waals surface area (Å²) in [4.78, 5) is 14.0. The Bertz CT molecular complexity index is 879. The summed E-state index contributed by atoms with van der Waals surface area (Å²) in [5.41, 5.74) is 1.26. The van der Waals surface area contributed by atoms with Crippen molar-refractivity contribution in [2.24, 2.45) is 0 Å². The number of nitrogens with zero attached hydrogens (tertiary/aromatic N) is 2. The van der Waals surface area contributed by atoms with Crippen LogP contribution in [0.5, 0.6) is 0 Å². The van der Waals surface area contributed by atoms with Crippen LogP contribution in [0.3, 0.4) is 0 Å². The Balaban J connectivity index is 2.19. The molecule has 0 bridgehead atoms. The summed E-state index contributed by atoms with van der Waals surface area (Å²) in [7, 11) is -3.76. The lowest BCUT2D eigenvalue weighted by Crippen LogP contribution is -2.30. The summed E-state index contributed by atoms with van der Waals surface area (Å²) in [5.74, 6) is -0.131. The van der Waals surface area contributed by atoms with Crippen LogP contribution in [-0.2, 0) is 10.0 Å². The van der Waals surface area contributed by atoms with Crippen molar-refractivity contribution in [2.75, 3.05) is 17.8 Å². The van der Waals surface area contributed by atoms with Gasteiger partial charge in [0.1, 0.15) is 0 Å². The first-order chi connectivity index (χ1) is 11.9. The van der Waals surface area contributed by atoms with Crippen LogP contribution in [0.15, 0.2) is 53.4 Å². The van der Waals surface area contributed by atoms with Gasteiger partial charge in [-0.25, -0.2) is 8.42 Å². The lowest BCUT2D eigenvalue weighted by Gasteiger charge is -2.18. The van der Waals surface area contributed by atoms with Crippen LogP contribution >= 0.6 is 0 Å². The molecule has 0 saturated carbocycles. The summed E-state index contributed by atoms with van der Waals surface area (Å²) in [6.45, 7) is 4.97. The number of carbonyl (C=O) groups excluding carboxylic acids is 1. The molecule has 0 spiro atoms. The second-order valence-electron chi connectivity index (χ2n) is 5.30.